The van der Waals surface area contributed by atoms with E-state index in [9.17, 15) is 14.9 Å². The van der Waals surface area contributed by atoms with Gasteiger partial charge >= 0.3 is 0 Å². The molecule has 31 heavy (non-hydrogen) atoms. The van der Waals surface area contributed by atoms with E-state index in [4.69, 9.17) is 16.0 Å². The molecular weight excluding hydrogens is 436 g/mol. The zero-order chi connectivity index (χ0) is 21.8. The maximum absolute atomic E-state index is 13.0. The van der Waals surface area contributed by atoms with Crippen molar-refractivity contribution in [3.05, 3.63) is 87.6 Å². The predicted octanol–water partition coefficient (Wildman–Crippen LogP) is 4.29. The van der Waals surface area contributed by atoms with Crippen molar-refractivity contribution >= 4 is 45.9 Å². The summed E-state index contributed by atoms with van der Waals surface area (Å²) in [5.74, 6) is 0.235. The number of hydrogen-bond acceptors (Lipinski definition) is 6. The number of fused-ring (bicyclic) bond motifs is 1. The van der Waals surface area contributed by atoms with E-state index in [0.717, 1.165) is 11.8 Å². The Kier molecular flexibility index (Phi) is 6.07. The lowest BCUT2D eigenvalue weighted by molar-refractivity contribution is -0.113. The Morgan fingerprint density at radius 3 is 2.84 bits per heavy atom. The first-order chi connectivity index (χ1) is 15.0. The van der Waals surface area contributed by atoms with E-state index < -0.39 is 0 Å². The Balaban J connectivity index is 1.60. The summed E-state index contributed by atoms with van der Waals surface area (Å²) in [5.41, 5.74) is 0.973. The van der Waals surface area contributed by atoms with Gasteiger partial charge < -0.3 is 9.73 Å². The molecule has 2 heterocycles. The number of hydrogen-bond donors (Lipinski definition) is 1. The van der Waals surface area contributed by atoms with E-state index >= 15 is 0 Å². The average Bonchev–Trinajstić information content (AvgIpc) is 3.28. The van der Waals surface area contributed by atoms with Crippen LogP contribution in [-0.4, -0.2) is 21.2 Å². The highest BCUT2D eigenvalue weighted by atomic mass is 35.5. The summed E-state index contributed by atoms with van der Waals surface area (Å²) >= 11 is 7.09. The normalized spacial score (nSPS) is 10.7. The molecule has 7 nitrogen and oxygen atoms in total. The molecule has 0 unspecified atom stereocenters. The van der Waals surface area contributed by atoms with E-state index in [-0.39, 0.29) is 23.8 Å². The molecule has 0 saturated heterocycles. The molecule has 154 valence electrons. The lowest BCUT2D eigenvalue weighted by Gasteiger charge is -2.12. The second-order valence-corrected chi connectivity index (χ2v) is 7.90. The van der Waals surface area contributed by atoms with Crippen LogP contribution in [0.4, 0.5) is 5.69 Å². The average molecular weight is 451 g/mol. The number of nitrogens with zero attached hydrogens (tertiary/aromatic N) is 3. The van der Waals surface area contributed by atoms with Crippen LogP contribution in [0.5, 0.6) is 0 Å². The number of amides is 1. The smallest absolute Gasteiger partial charge is 0.262 e. The highest BCUT2D eigenvalue weighted by Crippen LogP contribution is 2.22. The highest BCUT2D eigenvalue weighted by molar-refractivity contribution is 7.99. The minimum absolute atomic E-state index is 0.0136. The van der Waals surface area contributed by atoms with Crippen LogP contribution in [0.25, 0.3) is 10.9 Å². The van der Waals surface area contributed by atoms with Crippen molar-refractivity contribution < 1.29 is 9.21 Å². The third kappa shape index (κ3) is 4.63. The topological polar surface area (TPSA) is 101 Å². The summed E-state index contributed by atoms with van der Waals surface area (Å²) in [6, 6.07) is 17.2. The van der Waals surface area contributed by atoms with Gasteiger partial charge in [-0.05, 0) is 42.5 Å². The van der Waals surface area contributed by atoms with Crippen molar-refractivity contribution in [3.63, 3.8) is 0 Å². The van der Waals surface area contributed by atoms with Gasteiger partial charge in [-0.2, -0.15) is 5.26 Å². The quantitative estimate of drug-likeness (QED) is 0.347. The maximum Gasteiger partial charge on any atom is 0.262 e. The lowest BCUT2D eigenvalue weighted by atomic mass is 10.2. The molecule has 0 aliphatic rings. The van der Waals surface area contributed by atoms with E-state index in [1.807, 2.05) is 6.07 Å². The first kappa shape index (κ1) is 20.7. The van der Waals surface area contributed by atoms with Gasteiger partial charge in [0, 0.05) is 5.02 Å². The number of aromatic nitrogens is 2. The minimum atomic E-state index is -0.351. The second-order valence-electron chi connectivity index (χ2n) is 6.52. The molecular formula is C22H15ClN4O3S. The molecule has 0 spiro atoms. The maximum atomic E-state index is 13.0. The summed E-state index contributed by atoms with van der Waals surface area (Å²) in [6.07, 6.45) is 1.53. The molecule has 0 aliphatic carbocycles. The van der Waals surface area contributed by atoms with Crippen LogP contribution >= 0.6 is 23.4 Å². The first-order valence-corrected chi connectivity index (χ1v) is 10.6. The largest absolute Gasteiger partial charge is 0.467 e. The van der Waals surface area contributed by atoms with Gasteiger partial charge in [-0.1, -0.05) is 35.5 Å². The number of anilines is 1. The third-order valence-corrected chi connectivity index (χ3v) is 5.64. The minimum Gasteiger partial charge on any atom is -0.467 e. The van der Waals surface area contributed by atoms with E-state index in [1.165, 1.54) is 23.0 Å². The van der Waals surface area contributed by atoms with Crippen LogP contribution < -0.4 is 10.9 Å². The zero-order valence-corrected chi connectivity index (χ0v) is 17.6. The number of nitriles is 1. The van der Waals surface area contributed by atoms with E-state index in [0.29, 0.717) is 38.1 Å². The van der Waals surface area contributed by atoms with Crippen LogP contribution in [0.3, 0.4) is 0 Å². The van der Waals surface area contributed by atoms with Crippen LogP contribution in [-0.2, 0) is 11.3 Å². The molecule has 4 rings (SSSR count). The number of carbonyl (C=O) groups is 1. The van der Waals surface area contributed by atoms with E-state index in [1.54, 1.807) is 42.5 Å². The lowest BCUT2D eigenvalue weighted by Crippen LogP contribution is -2.24. The van der Waals surface area contributed by atoms with Gasteiger partial charge in [0.05, 0.1) is 40.7 Å². The third-order valence-electron chi connectivity index (χ3n) is 4.43. The Bertz CT molecular complexity index is 1360. The molecule has 0 saturated carbocycles. The van der Waals surface area contributed by atoms with Gasteiger partial charge in [-0.25, -0.2) is 4.98 Å². The fourth-order valence-corrected chi connectivity index (χ4v) is 3.96. The Labute approximate surface area is 186 Å². The fourth-order valence-electron chi connectivity index (χ4n) is 2.99. The van der Waals surface area contributed by atoms with Crippen molar-refractivity contribution in [1.29, 1.82) is 5.26 Å². The van der Waals surface area contributed by atoms with Crippen LogP contribution in [0.15, 0.2) is 75.2 Å². The van der Waals surface area contributed by atoms with Crippen LogP contribution in [0.1, 0.15) is 11.3 Å². The number of thioether (sulfide) groups is 1. The molecule has 0 atom stereocenters. The van der Waals surface area contributed by atoms with Gasteiger partial charge in [-0.15, -0.1) is 0 Å². The standard InChI is InChI=1S/C22H15ClN4O3S/c23-15-8-7-14(11-24)19(10-15)25-20(28)13-31-22-26-18-6-2-1-5-17(18)21(29)27(22)12-16-4-3-9-30-16/h1-10H,12-13H2,(H,25,28). The first-order valence-electron chi connectivity index (χ1n) is 9.19. The molecule has 0 bridgehead atoms. The predicted molar refractivity (Wildman–Crippen MR) is 119 cm³/mol. The summed E-state index contributed by atoms with van der Waals surface area (Å²) in [7, 11) is 0. The number of para-hydroxylation sites is 1. The Hall–Kier alpha value is -3.54. The molecule has 0 fully saturated rings. The molecule has 4 aromatic rings. The number of furan rings is 1. The van der Waals surface area contributed by atoms with Gasteiger partial charge in [0.15, 0.2) is 5.16 Å². The monoisotopic (exact) mass is 450 g/mol. The molecule has 1 N–H and O–H groups in total. The summed E-state index contributed by atoms with van der Waals surface area (Å²) < 4.78 is 6.87. The number of rotatable bonds is 6. The van der Waals surface area contributed by atoms with Gasteiger partial charge in [-0.3, -0.25) is 14.2 Å². The second kappa shape index (κ2) is 9.08. The van der Waals surface area contributed by atoms with Crippen LogP contribution in [0.2, 0.25) is 5.02 Å². The van der Waals surface area contributed by atoms with Crippen molar-refractivity contribution in [1.82, 2.24) is 9.55 Å². The number of carbonyl (C=O) groups excluding carboxylic acids is 1. The summed E-state index contributed by atoms with van der Waals surface area (Å²) in [4.78, 5) is 30.1. The summed E-state index contributed by atoms with van der Waals surface area (Å²) in [5, 5.41) is 13.2. The van der Waals surface area contributed by atoms with Crippen molar-refractivity contribution in [2.45, 2.75) is 11.7 Å². The van der Waals surface area contributed by atoms with Gasteiger partial charge in [0.25, 0.3) is 5.56 Å². The fraction of sp³-hybridized carbons (Fsp3) is 0.0909. The molecule has 9 heteroatoms. The number of nitrogens with one attached hydrogen (secondary N) is 1. The number of benzene rings is 2. The molecule has 0 aliphatic heterocycles. The van der Waals surface area contributed by atoms with Crippen molar-refractivity contribution in [2.24, 2.45) is 0 Å². The van der Waals surface area contributed by atoms with Crippen molar-refractivity contribution in [2.75, 3.05) is 11.1 Å². The van der Waals surface area contributed by atoms with Gasteiger partial charge in [0.1, 0.15) is 11.8 Å². The highest BCUT2D eigenvalue weighted by Gasteiger charge is 2.15. The van der Waals surface area contributed by atoms with Crippen molar-refractivity contribution in [3.8, 4) is 6.07 Å². The molecule has 2 aromatic carbocycles. The van der Waals surface area contributed by atoms with E-state index in [2.05, 4.69) is 10.3 Å². The SMILES string of the molecule is N#Cc1ccc(Cl)cc1NC(=O)CSc1nc2ccccc2c(=O)n1Cc1ccco1. The zero-order valence-electron chi connectivity index (χ0n) is 16.0. The molecule has 1 amide bonds. The molecule has 0 radical (unpaired) electrons. The van der Waals surface area contributed by atoms with Crippen LogP contribution in [0, 0.1) is 11.3 Å². The summed E-state index contributed by atoms with van der Waals surface area (Å²) in [6.45, 7) is 0.195. The number of halogens is 1. The molecule has 2 aromatic heterocycles. The Morgan fingerprint density at radius 2 is 2.06 bits per heavy atom. The van der Waals surface area contributed by atoms with Gasteiger partial charge in [0.2, 0.25) is 5.91 Å². The Morgan fingerprint density at radius 1 is 1.23 bits per heavy atom.